The molecule has 0 saturated carbocycles. The van der Waals surface area contributed by atoms with Gasteiger partial charge in [0.1, 0.15) is 5.60 Å². The molecule has 0 bridgehead atoms. The molecule has 3 rings (SSSR count). The quantitative estimate of drug-likeness (QED) is 0.553. The Hall–Kier alpha value is -1.56. The first-order valence-electron chi connectivity index (χ1n) is 10.9. The summed E-state index contributed by atoms with van der Waals surface area (Å²) in [5, 5.41) is 0. The number of ether oxygens (including phenoxy) is 1. The van der Waals surface area contributed by atoms with Crippen molar-refractivity contribution in [2.24, 2.45) is 5.41 Å². The van der Waals surface area contributed by atoms with Crippen LogP contribution in [0.5, 0.6) is 0 Å². The zero-order valence-corrected chi connectivity index (χ0v) is 21.0. The minimum Gasteiger partial charge on any atom is -0.444 e. The highest BCUT2D eigenvalue weighted by atomic mass is 79.9. The third-order valence-corrected chi connectivity index (χ3v) is 6.87. The van der Waals surface area contributed by atoms with E-state index in [1.54, 1.807) is 0 Å². The van der Waals surface area contributed by atoms with Crippen molar-refractivity contribution >= 4 is 27.9 Å². The van der Waals surface area contributed by atoms with Gasteiger partial charge >= 0.3 is 6.09 Å². The van der Waals surface area contributed by atoms with E-state index in [1.807, 2.05) is 37.5 Å². The van der Waals surface area contributed by atoms with Crippen LogP contribution in [-0.4, -0.2) is 40.5 Å². The van der Waals surface area contributed by atoms with Gasteiger partial charge in [-0.1, -0.05) is 36.7 Å². The smallest absolute Gasteiger partial charge is 0.411 e. The molecule has 0 spiro atoms. The molecule has 2 heterocycles. The number of likely N-dealkylation sites (N-methyl/N-ethyl adjacent to an activating group) is 1. The van der Waals surface area contributed by atoms with Crippen molar-refractivity contribution in [3.05, 3.63) is 33.3 Å². The summed E-state index contributed by atoms with van der Waals surface area (Å²) in [5.41, 5.74) is 2.13. The van der Waals surface area contributed by atoms with Gasteiger partial charge in [0.2, 0.25) is 5.91 Å². The van der Waals surface area contributed by atoms with E-state index in [-0.39, 0.29) is 17.4 Å². The van der Waals surface area contributed by atoms with Crippen molar-refractivity contribution in [2.45, 2.75) is 85.4 Å². The van der Waals surface area contributed by atoms with Gasteiger partial charge in [-0.05, 0) is 74.8 Å². The lowest BCUT2D eigenvalue weighted by Crippen LogP contribution is -2.55. The number of carbonyl (C=O) groups is 2. The zero-order chi connectivity index (χ0) is 22.5. The van der Waals surface area contributed by atoms with Crippen molar-refractivity contribution in [3.63, 3.8) is 0 Å². The second kappa shape index (κ2) is 7.85. The van der Waals surface area contributed by atoms with Gasteiger partial charge in [0.05, 0.1) is 12.0 Å². The lowest BCUT2D eigenvalue weighted by atomic mass is 9.66. The number of likely N-dealkylation sites (tertiary alicyclic amines) is 1. The monoisotopic (exact) mass is 478 g/mol. The molecule has 0 aliphatic carbocycles. The Bertz CT molecular complexity index is 853. The van der Waals surface area contributed by atoms with Gasteiger partial charge in [-0.2, -0.15) is 0 Å². The second-order valence-electron chi connectivity index (χ2n) is 10.5. The Balaban J connectivity index is 2.21. The van der Waals surface area contributed by atoms with Crippen LogP contribution in [0.4, 0.5) is 4.79 Å². The lowest BCUT2D eigenvalue weighted by molar-refractivity contribution is -0.131. The molecule has 1 atom stereocenters. The van der Waals surface area contributed by atoms with Crippen LogP contribution in [-0.2, 0) is 28.0 Å². The maximum atomic E-state index is 13.3. The maximum absolute atomic E-state index is 13.3. The molecule has 1 aromatic rings. The Labute approximate surface area is 189 Å². The first-order valence-corrected chi connectivity index (χ1v) is 11.7. The number of carbonyl (C=O) groups excluding carboxylic acids is 2. The standard InChI is InChI=1S/C24H35BrN2O3/c1-8-26-15-18-16(13-20(26)28)12-17(25)14-19(18)24(22(2,3)4)10-9-11-27(24)21(29)30-23(5,6)7/h12,14H,8-11,13,15H2,1-7H3/t24-/m1/s1. The number of amides is 2. The zero-order valence-electron chi connectivity index (χ0n) is 19.4. The third kappa shape index (κ3) is 4.00. The number of halogens is 1. The topological polar surface area (TPSA) is 49.9 Å². The fourth-order valence-corrected chi connectivity index (χ4v) is 5.60. The van der Waals surface area contributed by atoms with E-state index in [9.17, 15) is 9.59 Å². The Kier molecular flexibility index (Phi) is 6.05. The lowest BCUT2D eigenvalue weighted by Gasteiger charge is -2.50. The van der Waals surface area contributed by atoms with Crippen LogP contribution in [0.3, 0.4) is 0 Å². The molecule has 6 heteroatoms. The minimum absolute atomic E-state index is 0.161. The predicted molar refractivity (Wildman–Crippen MR) is 122 cm³/mol. The van der Waals surface area contributed by atoms with Gasteiger partial charge in [0.15, 0.2) is 0 Å². The third-order valence-electron chi connectivity index (χ3n) is 6.41. The van der Waals surface area contributed by atoms with E-state index < -0.39 is 11.1 Å². The average molecular weight is 479 g/mol. The molecule has 1 saturated heterocycles. The molecule has 0 radical (unpaired) electrons. The van der Waals surface area contributed by atoms with Gasteiger partial charge in [0.25, 0.3) is 0 Å². The van der Waals surface area contributed by atoms with Crippen molar-refractivity contribution in [2.75, 3.05) is 13.1 Å². The summed E-state index contributed by atoms with van der Waals surface area (Å²) in [5.74, 6) is 0.161. The van der Waals surface area contributed by atoms with Crippen LogP contribution in [0.2, 0.25) is 0 Å². The molecule has 0 aromatic heterocycles. The average Bonchev–Trinajstić information content (AvgIpc) is 3.05. The molecule has 5 nitrogen and oxygen atoms in total. The van der Waals surface area contributed by atoms with E-state index in [4.69, 9.17) is 4.74 Å². The van der Waals surface area contributed by atoms with Crippen molar-refractivity contribution in [1.82, 2.24) is 9.80 Å². The summed E-state index contributed by atoms with van der Waals surface area (Å²) in [4.78, 5) is 29.8. The van der Waals surface area contributed by atoms with Crippen LogP contribution < -0.4 is 0 Å². The maximum Gasteiger partial charge on any atom is 0.411 e. The van der Waals surface area contributed by atoms with E-state index in [0.717, 1.165) is 28.4 Å². The number of rotatable bonds is 2. The van der Waals surface area contributed by atoms with E-state index in [0.29, 0.717) is 26.1 Å². The van der Waals surface area contributed by atoms with Crippen LogP contribution >= 0.6 is 15.9 Å². The highest BCUT2D eigenvalue weighted by Crippen LogP contribution is 2.54. The molecule has 2 amide bonds. The number of hydrogen-bond donors (Lipinski definition) is 0. The summed E-state index contributed by atoms with van der Waals surface area (Å²) in [6.45, 7) is 16.3. The van der Waals surface area contributed by atoms with Crippen LogP contribution in [0.25, 0.3) is 0 Å². The van der Waals surface area contributed by atoms with Crippen molar-refractivity contribution in [3.8, 4) is 0 Å². The van der Waals surface area contributed by atoms with E-state index >= 15 is 0 Å². The van der Waals surface area contributed by atoms with Gasteiger partial charge in [0, 0.05) is 24.1 Å². The van der Waals surface area contributed by atoms with Crippen LogP contribution in [0.1, 0.15) is 78.0 Å². The molecule has 1 fully saturated rings. The Morgan fingerprint density at radius 3 is 2.43 bits per heavy atom. The summed E-state index contributed by atoms with van der Waals surface area (Å²) < 4.78 is 6.79. The molecule has 166 valence electrons. The fourth-order valence-electron chi connectivity index (χ4n) is 5.10. The summed E-state index contributed by atoms with van der Waals surface area (Å²) >= 11 is 3.68. The number of benzene rings is 1. The normalized spacial score (nSPS) is 22.3. The number of nitrogens with zero attached hydrogens (tertiary/aromatic N) is 2. The van der Waals surface area contributed by atoms with Gasteiger partial charge in [-0.15, -0.1) is 0 Å². The Morgan fingerprint density at radius 2 is 1.87 bits per heavy atom. The summed E-state index contributed by atoms with van der Waals surface area (Å²) in [6.07, 6.45) is 1.94. The van der Waals surface area contributed by atoms with Gasteiger partial charge in [-0.3, -0.25) is 9.69 Å². The van der Waals surface area contributed by atoms with Gasteiger partial charge < -0.3 is 9.64 Å². The van der Waals surface area contributed by atoms with Gasteiger partial charge in [-0.25, -0.2) is 4.79 Å². The summed E-state index contributed by atoms with van der Waals surface area (Å²) in [6, 6.07) is 4.23. The summed E-state index contributed by atoms with van der Waals surface area (Å²) in [7, 11) is 0. The molecule has 30 heavy (non-hydrogen) atoms. The van der Waals surface area contributed by atoms with E-state index in [1.165, 1.54) is 5.56 Å². The molecule has 0 unspecified atom stereocenters. The van der Waals surface area contributed by atoms with Crippen LogP contribution in [0.15, 0.2) is 16.6 Å². The number of fused-ring (bicyclic) bond motifs is 1. The largest absolute Gasteiger partial charge is 0.444 e. The van der Waals surface area contributed by atoms with Crippen molar-refractivity contribution < 1.29 is 14.3 Å². The second-order valence-corrected chi connectivity index (χ2v) is 11.4. The first kappa shape index (κ1) is 23.1. The predicted octanol–water partition coefficient (Wildman–Crippen LogP) is 5.63. The van der Waals surface area contributed by atoms with E-state index in [2.05, 4.69) is 48.8 Å². The van der Waals surface area contributed by atoms with Crippen molar-refractivity contribution in [1.29, 1.82) is 0 Å². The molecule has 2 aliphatic heterocycles. The Morgan fingerprint density at radius 1 is 1.20 bits per heavy atom. The minimum atomic E-state index is -0.550. The molecule has 1 aromatic carbocycles. The SMILES string of the molecule is CCN1Cc2c(cc(Br)cc2[C@@]2(C(C)(C)C)CCCN2C(=O)OC(C)(C)C)CC1=O. The molecular formula is C24H35BrN2O3. The fraction of sp³-hybridized carbons (Fsp3) is 0.667. The highest BCUT2D eigenvalue weighted by molar-refractivity contribution is 9.10. The highest BCUT2D eigenvalue weighted by Gasteiger charge is 2.55. The van der Waals surface area contributed by atoms with Crippen LogP contribution in [0, 0.1) is 5.41 Å². The molecule has 0 N–H and O–H groups in total. The molecular weight excluding hydrogens is 444 g/mol. The molecule has 2 aliphatic rings. The number of hydrogen-bond acceptors (Lipinski definition) is 3. The first-order chi connectivity index (χ1) is 13.8.